The summed E-state index contributed by atoms with van der Waals surface area (Å²) in [5.74, 6) is 1.09. The number of methoxy groups -OCH3 is 2. The molecule has 7 heteroatoms. The summed E-state index contributed by atoms with van der Waals surface area (Å²) in [6.45, 7) is 1.52. The Morgan fingerprint density at radius 2 is 1.80 bits per heavy atom. The van der Waals surface area contributed by atoms with Crippen molar-refractivity contribution in [2.75, 3.05) is 34.4 Å². The van der Waals surface area contributed by atoms with Crippen molar-refractivity contribution in [1.29, 1.82) is 0 Å². The second-order valence-corrected chi connectivity index (χ2v) is 5.06. The zero-order chi connectivity index (χ0) is 14.3. The average molecular weight is 415 g/mol. The van der Waals surface area contributed by atoms with Crippen LogP contribution in [0.4, 0.5) is 0 Å². The van der Waals surface area contributed by atoms with Crippen LogP contribution in [-0.2, 0) is 0 Å². The van der Waals surface area contributed by atoms with Crippen LogP contribution >= 0.6 is 35.0 Å². The lowest BCUT2D eigenvalue weighted by Crippen LogP contribution is -2.27. The molecule has 20 heavy (non-hydrogen) atoms. The number of carbonyl (C=O) groups excluding carboxylic acids is 1. The van der Waals surface area contributed by atoms with E-state index in [1.807, 2.05) is 7.05 Å². The van der Waals surface area contributed by atoms with Gasteiger partial charge in [0, 0.05) is 10.1 Å². The quantitative estimate of drug-likeness (QED) is 0.530. The van der Waals surface area contributed by atoms with Gasteiger partial charge in [0.15, 0.2) is 11.5 Å². The van der Waals surface area contributed by atoms with Crippen LogP contribution in [0.3, 0.4) is 0 Å². The largest absolute Gasteiger partial charge is 0.493 e. The summed E-state index contributed by atoms with van der Waals surface area (Å²) in [6, 6.07) is 3.50. The van der Waals surface area contributed by atoms with Gasteiger partial charge in [0.05, 0.1) is 19.8 Å². The van der Waals surface area contributed by atoms with Crippen molar-refractivity contribution in [1.82, 2.24) is 10.6 Å². The summed E-state index contributed by atoms with van der Waals surface area (Å²) in [7, 11) is 5.02. The Morgan fingerprint density at radius 3 is 2.35 bits per heavy atom. The molecule has 0 aromatic heterocycles. The standard InChI is InChI=1S/C13H19IN2O3.ClH/c1-15-5-4-6-16-13(17)9-7-11(18-2)12(19-3)8-10(9)14;/h7-8,15H,4-6H2,1-3H3,(H,16,17);1H. The average Bonchev–Trinajstić information content (AvgIpc) is 2.42. The number of halogens is 2. The number of nitrogens with one attached hydrogen (secondary N) is 2. The molecule has 0 aliphatic heterocycles. The number of benzene rings is 1. The first kappa shape index (κ1) is 19.3. The van der Waals surface area contributed by atoms with Gasteiger partial charge in [-0.1, -0.05) is 0 Å². The van der Waals surface area contributed by atoms with Gasteiger partial charge in [-0.15, -0.1) is 12.4 Å². The number of ether oxygens (including phenoxy) is 2. The Bertz CT molecular complexity index is 444. The third-order valence-corrected chi connectivity index (χ3v) is 3.50. The molecule has 1 aromatic rings. The lowest BCUT2D eigenvalue weighted by molar-refractivity contribution is 0.0952. The van der Waals surface area contributed by atoms with Crippen molar-refractivity contribution in [2.45, 2.75) is 6.42 Å². The van der Waals surface area contributed by atoms with Crippen LogP contribution in [0.1, 0.15) is 16.8 Å². The number of hydrogen-bond donors (Lipinski definition) is 2. The van der Waals surface area contributed by atoms with E-state index in [1.54, 1.807) is 26.4 Å². The molecule has 5 nitrogen and oxygen atoms in total. The second kappa shape index (κ2) is 10.1. The van der Waals surface area contributed by atoms with Gasteiger partial charge in [0.2, 0.25) is 0 Å². The van der Waals surface area contributed by atoms with Gasteiger partial charge in [-0.25, -0.2) is 0 Å². The molecule has 0 radical (unpaired) electrons. The minimum Gasteiger partial charge on any atom is -0.493 e. The molecule has 1 rings (SSSR count). The molecular formula is C13H20ClIN2O3. The minimum absolute atomic E-state index is 0. The second-order valence-electron chi connectivity index (χ2n) is 3.90. The maximum Gasteiger partial charge on any atom is 0.252 e. The first-order chi connectivity index (χ1) is 9.13. The Morgan fingerprint density at radius 1 is 1.20 bits per heavy atom. The molecular weight excluding hydrogens is 395 g/mol. The molecule has 1 amide bonds. The number of carbonyl (C=O) groups is 1. The molecule has 0 aliphatic carbocycles. The summed E-state index contributed by atoms with van der Waals surface area (Å²) in [5.41, 5.74) is 0.600. The Hall–Kier alpha value is -0.730. The molecule has 0 unspecified atom stereocenters. The highest BCUT2D eigenvalue weighted by molar-refractivity contribution is 14.1. The fourth-order valence-electron chi connectivity index (χ4n) is 1.59. The van der Waals surface area contributed by atoms with Crippen molar-refractivity contribution in [2.24, 2.45) is 0 Å². The van der Waals surface area contributed by atoms with Crippen molar-refractivity contribution in [3.8, 4) is 11.5 Å². The third-order valence-electron chi connectivity index (χ3n) is 2.61. The van der Waals surface area contributed by atoms with Crippen LogP contribution in [0.25, 0.3) is 0 Å². The maximum absolute atomic E-state index is 12.1. The maximum atomic E-state index is 12.1. The van der Waals surface area contributed by atoms with Crippen LogP contribution in [0.2, 0.25) is 0 Å². The summed E-state index contributed by atoms with van der Waals surface area (Å²) in [4.78, 5) is 12.1. The molecule has 114 valence electrons. The van der Waals surface area contributed by atoms with Crippen LogP contribution in [-0.4, -0.2) is 40.3 Å². The van der Waals surface area contributed by atoms with Crippen molar-refractivity contribution in [3.05, 3.63) is 21.3 Å². The summed E-state index contributed by atoms with van der Waals surface area (Å²) in [5, 5.41) is 5.92. The predicted octanol–water partition coefficient (Wildman–Crippen LogP) is 2.07. The molecule has 0 saturated carbocycles. The van der Waals surface area contributed by atoms with Gasteiger partial charge in [-0.2, -0.15) is 0 Å². The van der Waals surface area contributed by atoms with E-state index in [-0.39, 0.29) is 18.3 Å². The first-order valence-corrected chi connectivity index (χ1v) is 7.06. The lowest BCUT2D eigenvalue weighted by atomic mass is 10.2. The van der Waals surface area contributed by atoms with E-state index in [4.69, 9.17) is 9.47 Å². The van der Waals surface area contributed by atoms with E-state index >= 15 is 0 Å². The van der Waals surface area contributed by atoms with Crippen LogP contribution in [0.5, 0.6) is 11.5 Å². The van der Waals surface area contributed by atoms with Gasteiger partial charge in [0.25, 0.3) is 5.91 Å². The molecule has 0 fully saturated rings. The van der Waals surface area contributed by atoms with Gasteiger partial charge >= 0.3 is 0 Å². The Kier molecular flexibility index (Phi) is 9.70. The van der Waals surface area contributed by atoms with E-state index < -0.39 is 0 Å². The van der Waals surface area contributed by atoms with Crippen LogP contribution in [0, 0.1) is 3.57 Å². The van der Waals surface area contributed by atoms with Gasteiger partial charge in [-0.05, 0) is 54.7 Å². The fourth-order valence-corrected chi connectivity index (χ4v) is 2.27. The van der Waals surface area contributed by atoms with Crippen molar-refractivity contribution in [3.63, 3.8) is 0 Å². The summed E-state index contributed by atoms with van der Waals surface area (Å²) in [6.07, 6.45) is 0.895. The number of rotatable bonds is 7. The minimum atomic E-state index is -0.0959. The van der Waals surface area contributed by atoms with Gasteiger partial charge < -0.3 is 20.1 Å². The molecule has 2 N–H and O–H groups in total. The highest BCUT2D eigenvalue weighted by atomic mass is 127. The molecule has 0 spiro atoms. The molecule has 0 aliphatic rings. The van der Waals surface area contributed by atoms with E-state index in [0.717, 1.165) is 16.5 Å². The molecule has 0 bridgehead atoms. The molecule has 0 saturated heterocycles. The topological polar surface area (TPSA) is 59.6 Å². The van der Waals surface area contributed by atoms with Crippen molar-refractivity contribution >= 4 is 40.9 Å². The monoisotopic (exact) mass is 414 g/mol. The Balaban J connectivity index is 0.00000361. The number of hydrogen-bond acceptors (Lipinski definition) is 4. The lowest BCUT2D eigenvalue weighted by Gasteiger charge is -2.12. The van der Waals surface area contributed by atoms with Crippen LogP contribution in [0.15, 0.2) is 12.1 Å². The molecule has 1 aromatic carbocycles. The van der Waals surface area contributed by atoms with Crippen molar-refractivity contribution < 1.29 is 14.3 Å². The van der Waals surface area contributed by atoms with E-state index in [9.17, 15) is 4.79 Å². The molecule has 0 heterocycles. The van der Waals surface area contributed by atoms with Gasteiger partial charge in [-0.3, -0.25) is 4.79 Å². The predicted molar refractivity (Wildman–Crippen MR) is 90.4 cm³/mol. The normalized spacial score (nSPS) is 9.60. The first-order valence-electron chi connectivity index (χ1n) is 5.98. The van der Waals surface area contributed by atoms with E-state index in [0.29, 0.717) is 23.6 Å². The fraction of sp³-hybridized carbons (Fsp3) is 0.462. The highest BCUT2D eigenvalue weighted by Crippen LogP contribution is 2.31. The third kappa shape index (κ3) is 5.34. The molecule has 0 atom stereocenters. The highest BCUT2D eigenvalue weighted by Gasteiger charge is 2.14. The summed E-state index contributed by atoms with van der Waals surface area (Å²) < 4.78 is 11.2. The SMILES string of the molecule is CNCCCNC(=O)c1cc(OC)c(OC)cc1I.Cl. The number of amides is 1. The van der Waals surface area contributed by atoms with Gasteiger partial charge in [0.1, 0.15) is 0 Å². The van der Waals surface area contributed by atoms with Crippen LogP contribution < -0.4 is 20.1 Å². The smallest absolute Gasteiger partial charge is 0.252 e. The summed E-state index contributed by atoms with van der Waals surface area (Å²) >= 11 is 2.12. The van der Waals surface area contributed by atoms with E-state index in [1.165, 1.54) is 0 Å². The zero-order valence-electron chi connectivity index (χ0n) is 11.8. The Labute approximate surface area is 139 Å². The zero-order valence-corrected chi connectivity index (χ0v) is 14.8. The van der Waals surface area contributed by atoms with E-state index in [2.05, 4.69) is 33.2 Å².